The van der Waals surface area contributed by atoms with Crippen LogP contribution in [0.1, 0.15) is 23.7 Å². The molecular formula is C9H9ClO3S. The van der Waals surface area contributed by atoms with Gasteiger partial charge in [0.2, 0.25) is 0 Å². The van der Waals surface area contributed by atoms with Gasteiger partial charge in [0.15, 0.2) is 5.78 Å². The lowest BCUT2D eigenvalue weighted by atomic mass is 10.2. The molecule has 0 N–H and O–H groups in total. The molecule has 0 spiro atoms. The van der Waals surface area contributed by atoms with Crippen molar-refractivity contribution in [2.45, 2.75) is 13.3 Å². The highest BCUT2D eigenvalue weighted by Gasteiger charge is 2.13. The normalized spacial score (nSPS) is 9.86. The third kappa shape index (κ3) is 3.12. The predicted octanol–water partition coefficient (Wildman–Crippen LogP) is 2.54. The topological polar surface area (TPSA) is 43.4 Å². The SMILES string of the molecule is CCOC(=O)CC(=O)c1csc(Cl)c1. The molecule has 0 atom stereocenters. The van der Waals surface area contributed by atoms with Crippen molar-refractivity contribution in [1.82, 2.24) is 0 Å². The third-order valence-corrected chi connectivity index (χ3v) is 2.59. The third-order valence-electron chi connectivity index (χ3n) is 1.50. The number of rotatable bonds is 4. The summed E-state index contributed by atoms with van der Waals surface area (Å²) in [5.41, 5.74) is 0.466. The van der Waals surface area contributed by atoms with Crippen molar-refractivity contribution in [2.24, 2.45) is 0 Å². The molecule has 0 aromatic carbocycles. The first-order valence-electron chi connectivity index (χ1n) is 4.06. The molecule has 0 aliphatic carbocycles. The quantitative estimate of drug-likeness (QED) is 0.455. The van der Waals surface area contributed by atoms with E-state index in [9.17, 15) is 9.59 Å². The second-order valence-electron chi connectivity index (χ2n) is 2.54. The summed E-state index contributed by atoms with van der Waals surface area (Å²) in [5, 5.41) is 1.63. The van der Waals surface area contributed by atoms with E-state index < -0.39 is 5.97 Å². The minimum Gasteiger partial charge on any atom is -0.466 e. The van der Waals surface area contributed by atoms with E-state index in [-0.39, 0.29) is 18.8 Å². The highest BCUT2D eigenvalue weighted by atomic mass is 35.5. The summed E-state index contributed by atoms with van der Waals surface area (Å²) in [7, 11) is 0. The van der Waals surface area contributed by atoms with Crippen LogP contribution in [-0.2, 0) is 9.53 Å². The molecule has 1 aromatic heterocycles. The number of hydrogen-bond donors (Lipinski definition) is 0. The molecule has 0 unspecified atom stereocenters. The number of carbonyl (C=O) groups is 2. The van der Waals surface area contributed by atoms with Crippen LogP contribution in [0.5, 0.6) is 0 Å². The van der Waals surface area contributed by atoms with Gasteiger partial charge in [-0.05, 0) is 13.0 Å². The standard InChI is InChI=1S/C9H9ClO3S/c1-2-13-9(12)4-7(11)6-3-8(10)14-5-6/h3,5H,2,4H2,1H3. The fourth-order valence-corrected chi connectivity index (χ4v) is 1.79. The van der Waals surface area contributed by atoms with Crippen molar-refractivity contribution >= 4 is 34.7 Å². The molecule has 0 fully saturated rings. The summed E-state index contributed by atoms with van der Waals surface area (Å²) in [6.07, 6.45) is -0.221. The van der Waals surface area contributed by atoms with Crippen LogP contribution in [0.3, 0.4) is 0 Å². The molecule has 1 heterocycles. The number of thiophene rings is 1. The van der Waals surface area contributed by atoms with Gasteiger partial charge in [-0.15, -0.1) is 11.3 Å². The van der Waals surface area contributed by atoms with Gasteiger partial charge in [0.05, 0.1) is 10.9 Å². The summed E-state index contributed by atoms with van der Waals surface area (Å²) in [6.45, 7) is 1.99. The molecule has 1 rings (SSSR count). The molecule has 0 bridgehead atoms. The number of ketones is 1. The Morgan fingerprint density at radius 3 is 2.79 bits per heavy atom. The lowest BCUT2D eigenvalue weighted by Gasteiger charge is -1.98. The molecule has 0 saturated carbocycles. The second-order valence-corrected chi connectivity index (χ2v) is 4.09. The Labute approximate surface area is 90.6 Å². The summed E-state index contributed by atoms with van der Waals surface area (Å²) >= 11 is 6.92. The van der Waals surface area contributed by atoms with Crippen molar-refractivity contribution < 1.29 is 14.3 Å². The van der Waals surface area contributed by atoms with E-state index in [4.69, 9.17) is 11.6 Å². The van der Waals surface area contributed by atoms with E-state index in [0.29, 0.717) is 9.90 Å². The molecule has 3 nitrogen and oxygen atoms in total. The zero-order chi connectivity index (χ0) is 10.6. The van der Waals surface area contributed by atoms with Gasteiger partial charge in [0.1, 0.15) is 6.42 Å². The number of halogens is 1. The first-order chi connectivity index (χ1) is 6.63. The van der Waals surface area contributed by atoms with Crippen molar-refractivity contribution in [2.75, 3.05) is 6.61 Å². The van der Waals surface area contributed by atoms with Crippen LogP contribution in [0.4, 0.5) is 0 Å². The van der Waals surface area contributed by atoms with E-state index in [1.807, 2.05) is 0 Å². The number of ether oxygens (including phenoxy) is 1. The largest absolute Gasteiger partial charge is 0.466 e. The first kappa shape index (κ1) is 11.2. The van der Waals surface area contributed by atoms with Gasteiger partial charge in [-0.25, -0.2) is 0 Å². The maximum atomic E-state index is 11.4. The van der Waals surface area contributed by atoms with Crippen LogP contribution in [0.15, 0.2) is 11.4 Å². The number of carbonyl (C=O) groups excluding carboxylic acids is 2. The van der Waals surface area contributed by atoms with E-state index in [0.717, 1.165) is 0 Å². The molecule has 0 radical (unpaired) electrons. The highest BCUT2D eigenvalue weighted by Crippen LogP contribution is 2.20. The van der Waals surface area contributed by atoms with Crippen molar-refractivity contribution in [3.63, 3.8) is 0 Å². The van der Waals surface area contributed by atoms with Gasteiger partial charge >= 0.3 is 5.97 Å². The fraction of sp³-hybridized carbons (Fsp3) is 0.333. The second kappa shape index (κ2) is 5.12. The Hall–Kier alpha value is -0.870. The number of esters is 1. The fourth-order valence-electron chi connectivity index (χ4n) is 0.901. The zero-order valence-corrected chi connectivity index (χ0v) is 9.15. The molecule has 0 aliphatic rings. The van der Waals surface area contributed by atoms with Crippen LogP contribution < -0.4 is 0 Å². The monoisotopic (exact) mass is 232 g/mol. The minimum absolute atomic E-state index is 0.221. The molecule has 1 aromatic rings. The van der Waals surface area contributed by atoms with Crippen LogP contribution >= 0.6 is 22.9 Å². The van der Waals surface area contributed by atoms with Crippen LogP contribution in [0.2, 0.25) is 4.34 Å². The molecule has 14 heavy (non-hydrogen) atoms. The Bertz CT molecular complexity index is 346. The first-order valence-corrected chi connectivity index (χ1v) is 5.32. The molecule has 5 heteroatoms. The zero-order valence-electron chi connectivity index (χ0n) is 7.58. The average Bonchev–Trinajstić information content (AvgIpc) is 2.52. The number of Topliss-reactive ketones (excluding diaryl/α,β-unsaturated/α-hetero) is 1. The van der Waals surface area contributed by atoms with Crippen molar-refractivity contribution in [3.05, 3.63) is 21.3 Å². The van der Waals surface area contributed by atoms with E-state index >= 15 is 0 Å². The van der Waals surface area contributed by atoms with E-state index in [1.54, 1.807) is 18.4 Å². The maximum Gasteiger partial charge on any atom is 0.313 e. The average molecular weight is 233 g/mol. The molecule has 76 valence electrons. The Kier molecular flexibility index (Phi) is 4.10. The Balaban J connectivity index is 2.55. The van der Waals surface area contributed by atoms with E-state index in [2.05, 4.69) is 4.74 Å². The van der Waals surface area contributed by atoms with Gasteiger partial charge in [-0.2, -0.15) is 0 Å². The van der Waals surface area contributed by atoms with Gasteiger partial charge in [-0.1, -0.05) is 11.6 Å². The maximum absolute atomic E-state index is 11.4. The summed E-state index contributed by atoms with van der Waals surface area (Å²) < 4.78 is 5.19. The predicted molar refractivity (Wildman–Crippen MR) is 54.9 cm³/mol. The van der Waals surface area contributed by atoms with Crippen LogP contribution in [-0.4, -0.2) is 18.4 Å². The number of hydrogen-bond acceptors (Lipinski definition) is 4. The molecule has 0 aliphatic heterocycles. The van der Waals surface area contributed by atoms with Crippen LogP contribution in [0.25, 0.3) is 0 Å². The van der Waals surface area contributed by atoms with Crippen molar-refractivity contribution in [3.8, 4) is 0 Å². The summed E-state index contributed by atoms with van der Waals surface area (Å²) in [5.74, 6) is -0.758. The van der Waals surface area contributed by atoms with Gasteiger partial charge in [0.25, 0.3) is 0 Å². The lowest BCUT2D eigenvalue weighted by molar-refractivity contribution is -0.141. The van der Waals surface area contributed by atoms with Gasteiger partial charge in [0, 0.05) is 10.9 Å². The highest BCUT2D eigenvalue weighted by molar-refractivity contribution is 7.14. The molecular weight excluding hydrogens is 224 g/mol. The van der Waals surface area contributed by atoms with E-state index in [1.165, 1.54) is 11.3 Å². The summed E-state index contributed by atoms with van der Waals surface area (Å²) in [6, 6.07) is 1.55. The molecule has 0 saturated heterocycles. The Morgan fingerprint density at radius 2 is 2.29 bits per heavy atom. The smallest absolute Gasteiger partial charge is 0.313 e. The minimum atomic E-state index is -0.500. The van der Waals surface area contributed by atoms with Gasteiger partial charge in [-0.3, -0.25) is 9.59 Å². The van der Waals surface area contributed by atoms with Crippen molar-refractivity contribution in [1.29, 1.82) is 0 Å². The molecule has 0 amide bonds. The van der Waals surface area contributed by atoms with Gasteiger partial charge < -0.3 is 4.74 Å². The Morgan fingerprint density at radius 1 is 1.57 bits per heavy atom. The lowest BCUT2D eigenvalue weighted by Crippen LogP contribution is -2.10. The van der Waals surface area contributed by atoms with Crippen LogP contribution in [0, 0.1) is 0 Å². The summed E-state index contributed by atoms with van der Waals surface area (Å²) in [4.78, 5) is 22.4.